The van der Waals surface area contributed by atoms with Crippen molar-refractivity contribution in [1.82, 2.24) is 0 Å². The molecule has 0 aliphatic rings. The van der Waals surface area contributed by atoms with Gasteiger partial charge in [0.1, 0.15) is 10.7 Å². The highest BCUT2D eigenvalue weighted by Gasteiger charge is 2.28. The van der Waals surface area contributed by atoms with Crippen LogP contribution in [-0.2, 0) is 10.0 Å². The third kappa shape index (κ3) is 3.21. The summed E-state index contributed by atoms with van der Waals surface area (Å²) in [6.45, 7) is 3.18. The number of hydrogen-bond donors (Lipinski definition) is 1. The van der Waals surface area contributed by atoms with Crippen LogP contribution in [-0.4, -0.2) is 15.5 Å². The van der Waals surface area contributed by atoms with Gasteiger partial charge in [-0.25, -0.2) is 26.0 Å². The van der Waals surface area contributed by atoms with Gasteiger partial charge in [0.25, 0.3) is 10.0 Å². The van der Waals surface area contributed by atoms with Gasteiger partial charge in [-0.05, 0) is 12.1 Å². The molecule has 0 atom stereocenters. The lowest BCUT2D eigenvalue weighted by Crippen LogP contribution is -2.18. The quantitative estimate of drug-likeness (QED) is 0.653. The SMILES string of the molecule is C=Cc1c(F)cc(F)c(F)c1S(=O)(=O)Nc1ccc(OC)c(F)c1. The molecule has 0 saturated carbocycles. The van der Waals surface area contributed by atoms with E-state index in [0.717, 1.165) is 24.3 Å². The van der Waals surface area contributed by atoms with Crippen molar-refractivity contribution in [3.8, 4) is 5.75 Å². The van der Waals surface area contributed by atoms with Crippen molar-refractivity contribution >= 4 is 21.8 Å². The summed E-state index contributed by atoms with van der Waals surface area (Å²) in [4.78, 5) is -1.26. The third-order valence-electron chi connectivity index (χ3n) is 3.04. The Bertz CT molecular complexity index is 913. The van der Waals surface area contributed by atoms with Gasteiger partial charge in [-0.15, -0.1) is 0 Å². The molecular formula is C15H11F4NO3S. The van der Waals surface area contributed by atoms with Crippen LogP contribution < -0.4 is 9.46 Å². The number of hydrogen-bond acceptors (Lipinski definition) is 3. The fourth-order valence-corrected chi connectivity index (χ4v) is 3.32. The first-order valence-corrected chi connectivity index (χ1v) is 7.86. The van der Waals surface area contributed by atoms with Gasteiger partial charge in [0, 0.05) is 17.7 Å². The maximum atomic E-state index is 13.9. The van der Waals surface area contributed by atoms with Gasteiger partial charge in [0.05, 0.1) is 12.8 Å². The molecule has 24 heavy (non-hydrogen) atoms. The summed E-state index contributed by atoms with van der Waals surface area (Å²) in [6.07, 6.45) is 0.737. The summed E-state index contributed by atoms with van der Waals surface area (Å²) in [5, 5.41) is 0. The van der Waals surface area contributed by atoms with Crippen molar-refractivity contribution in [3.63, 3.8) is 0 Å². The molecule has 0 aliphatic heterocycles. The van der Waals surface area contributed by atoms with Crippen LogP contribution in [0.2, 0.25) is 0 Å². The zero-order chi connectivity index (χ0) is 18.1. The third-order valence-corrected chi connectivity index (χ3v) is 4.48. The Morgan fingerprint density at radius 2 is 1.75 bits per heavy atom. The molecule has 2 aromatic rings. The van der Waals surface area contributed by atoms with Gasteiger partial charge in [0.15, 0.2) is 23.2 Å². The van der Waals surface area contributed by atoms with Crippen molar-refractivity contribution in [2.75, 3.05) is 11.8 Å². The van der Waals surface area contributed by atoms with Gasteiger partial charge in [0.2, 0.25) is 0 Å². The smallest absolute Gasteiger partial charge is 0.265 e. The number of ether oxygens (including phenoxy) is 1. The summed E-state index contributed by atoms with van der Waals surface area (Å²) in [7, 11) is -3.54. The molecule has 0 aliphatic carbocycles. The van der Waals surface area contributed by atoms with Gasteiger partial charge in [-0.1, -0.05) is 12.7 Å². The lowest BCUT2D eigenvalue weighted by molar-refractivity contribution is 0.386. The second-order valence-corrected chi connectivity index (χ2v) is 6.18. The summed E-state index contributed by atoms with van der Waals surface area (Å²) >= 11 is 0. The zero-order valence-electron chi connectivity index (χ0n) is 12.2. The summed E-state index contributed by atoms with van der Waals surface area (Å²) in [5.41, 5.74) is -1.03. The average Bonchev–Trinajstić information content (AvgIpc) is 2.50. The molecule has 0 bridgehead atoms. The van der Waals surface area contributed by atoms with Crippen LogP contribution in [0.3, 0.4) is 0 Å². The molecule has 0 radical (unpaired) electrons. The Kier molecular flexibility index (Phi) is 4.83. The second kappa shape index (κ2) is 6.52. The molecule has 1 N–H and O–H groups in total. The Morgan fingerprint density at radius 1 is 1.08 bits per heavy atom. The van der Waals surface area contributed by atoms with E-state index in [-0.39, 0.29) is 17.5 Å². The minimum Gasteiger partial charge on any atom is -0.494 e. The number of sulfonamides is 1. The van der Waals surface area contributed by atoms with E-state index in [9.17, 15) is 26.0 Å². The summed E-state index contributed by atoms with van der Waals surface area (Å²) in [5.74, 6) is -5.78. The molecule has 0 saturated heterocycles. The molecule has 0 fully saturated rings. The number of methoxy groups -OCH3 is 1. The minimum absolute atomic E-state index is 0.146. The van der Waals surface area contributed by atoms with Crippen LogP contribution in [0.4, 0.5) is 23.2 Å². The maximum Gasteiger partial charge on any atom is 0.265 e. The fourth-order valence-electron chi connectivity index (χ4n) is 1.98. The molecule has 0 unspecified atom stereocenters. The molecule has 2 aromatic carbocycles. The second-order valence-electron chi connectivity index (χ2n) is 4.56. The molecule has 128 valence electrons. The van der Waals surface area contributed by atoms with E-state index in [0.29, 0.717) is 0 Å². The molecule has 0 heterocycles. The van der Waals surface area contributed by atoms with Crippen molar-refractivity contribution in [1.29, 1.82) is 0 Å². The van der Waals surface area contributed by atoms with E-state index < -0.39 is 43.8 Å². The summed E-state index contributed by atoms with van der Waals surface area (Å²) < 4.78 is 85.7. The van der Waals surface area contributed by atoms with Crippen LogP contribution in [0.5, 0.6) is 5.75 Å². The van der Waals surface area contributed by atoms with E-state index in [1.807, 2.05) is 4.72 Å². The molecule has 0 spiro atoms. The predicted molar refractivity (Wildman–Crippen MR) is 80.2 cm³/mol. The number of nitrogens with one attached hydrogen (secondary N) is 1. The van der Waals surface area contributed by atoms with Crippen molar-refractivity contribution < 1.29 is 30.7 Å². The minimum atomic E-state index is -4.75. The fraction of sp³-hybridized carbons (Fsp3) is 0.0667. The van der Waals surface area contributed by atoms with Crippen molar-refractivity contribution in [2.45, 2.75) is 4.90 Å². The molecule has 4 nitrogen and oxygen atoms in total. The normalized spacial score (nSPS) is 11.2. The number of rotatable bonds is 5. The highest BCUT2D eigenvalue weighted by atomic mass is 32.2. The Hall–Kier alpha value is -2.55. The van der Waals surface area contributed by atoms with Crippen LogP contribution in [0.15, 0.2) is 35.7 Å². The first kappa shape index (κ1) is 17.8. The Morgan fingerprint density at radius 3 is 2.29 bits per heavy atom. The molecule has 2 rings (SSSR count). The van der Waals surface area contributed by atoms with E-state index in [1.54, 1.807) is 0 Å². The van der Waals surface area contributed by atoms with Gasteiger partial charge >= 0.3 is 0 Å². The lowest BCUT2D eigenvalue weighted by atomic mass is 10.2. The Labute approximate surface area is 135 Å². The maximum absolute atomic E-state index is 13.9. The van der Waals surface area contributed by atoms with E-state index in [2.05, 4.69) is 11.3 Å². The number of halogens is 4. The van der Waals surface area contributed by atoms with Crippen molar-refractivity contribution in [3.05, 3.63) is 59.7 Å². The Balaban J connectivity index is 2.56. The van der Waals surface area contributed by atoms with Gasteiger partial charge in [-0.3, -0.25) is 4.72 Å². The van der Waals surface area contributed by atoms with Gasteiger partial charge < -0.3 is 4.74 Å². The highest BCUT2D eigenvalue weighted by molar-refractivity contribution is 7.92. The summed E-state index contributed by atoms with van der Waals surface area (Å²) in [6, 6.07) is 3.25. The van der Waals surface area contributed by atoms with Gasteiger partial charge in [-0.2, -0.15) is 0 Å². The van der Waals surface area contributed by atoms with E-state index >= 15 is 0 Å². The first-order chi connectivity index (χ1) is 11.2. The molecule has 0 amide bonds. The highest BCUT2D eigenvalue weighted by Crippen LogP contribution is 2.29. The molecule has 0 aromatic heterocycles. The van der Waals surface area contributed by atoms with E-state index in [4.69, 9.17) is 0 Å². The van der Waals surface area contributed by atoms with Crippen molar-refractivity contribution in [2.24, 2.45) is 0 Å². The molecular weight excluding hydrogens is 350 g/mol. The van der Waals surface area contributed by atoms with Crippen LogP contribution in [0.25, 0.3) is 6.08 Å². The first-order valence-electron chi connectivity index (χ1n) is 6.37. The van der Waals surface area contributed by atoms with Crippen LogP contribution in [0, 0.1) is 23.3 Å². The van der Waals surface area contributed by atoms with Crippen LogP contribution in [0.1, 0.15) is 5.56 Å². The zero-order valence-corrected chi connectivity index (χ0v) is 13.1. The monoisotopic (exact) mass is 361 g/mol. The predicted octanol–water partition coefficient (Wildman–Crippen LogP) is 3.70. The number of anilines is 1. The average molecular weight is 361 g/mol. The number of benzene rings is 2. The van der Waals surface area contributed by atoms with Crippen LogP contribution >= 0.6 is 0 Å². The standard InChI is InChI=1S/C15H11F4NO3S/c1-3-9-10(16)7-12(18)14(19)15(9)24(21,22)20-8-4-5-13(23-2)11(17)6-8/h3-7,20H,1H2,2H3. The molecule has 9 heteroatoms. The van der Waals surface area contributed by atoms with E-state index in [1.165, 1.54) is 7.11 Å². The topological polar surface area (TPSA) is 55.4 Å². The lowest BCUT2D eigenvalue weighted by Gasteiger charge is -2.13. The largest absolute Gasteiger partial charge is 0.494 e.